The topological polar surface area (TPSA) is 58.6 Å². The van der Waals surface area contributed by atoms with Crippen LogP contribution in [-0.2, 0) is 16.1 Å². The molecular weight excluding hydrogens is 417 g/mol. The number of nitrogens with zero attached hydrogens (tertiary/aromatic N) is 1. The number of nitrogens with one attached hydrogen (secondary N) is 1. The monoisotopic (exact) mass is 440 g/mol. The molecule has 2 aromatic carbocycles. The van der Waals surface area contributed by atoms with E-state index in [2.05, 4.69) is 5.32 Å². The van der Waals surface area contributed by atoms with Crippen LogP contribution in [0.1, 0.15) is 19.4 Å². The molecule has 0 heterocycles. The molecule has 1 N–H and O–H groups in total. The lowest BCUT2D eigenvalue weighted by Gasteiger charge is -2.22. The first-order valence-corrected chi connectivity index (χ1v) is 10.3. The van der Waals surface area contributed by atoms with Crippen LogP contribution < -0.4 is 10.1 Å². The van der Waals surface area contributed by atoms with E-state index in [9.17, 15) is 22.8 Å². The largest absolute Gasteiger partial charge is 0.494 e. The van der Waals surface area contributed by atoms with Crippen molar-refractivity contribution in [3.8, 4) is 5.75 Å². The molecule has 0 unspecified atom stereocenters. The van der Waals surface area contributed by atoms with Gasteiger partial charge in [0.1, 0.15) is 5.75 Å². The van der Waals surface area contributed by atoms with Gasteiger partial charge in [-0.15, -0.1) is 11.8 Å². The number of hydrogen-bond acceptors (Lipinski definition) is 4. The number of carbonyl (C=O) groups is 2. The van der Waals surface area contributed by atoms with Gasteiger partial charge in [-0.3, -0.25) is 9.59 Å². The second kappa shape index (κ2) is 10.9. The number of rotatable bonds is 9. The molecule has 0 radical (unpaired) electrons. The zero-order chi connectivity index (χ0) is 22.1. The molecule has 0 saturated carbocycles. The van der Waals surface area contributed by atoms with Crippen molar-refractivity contribution in [3.05, 3.63) is 54.1 Å². The second-order valence-corrected chi connectivity index (χ2v) is 7.31. The third-order valence-electron chi connectivity index (χ3n) is 4.00. The third-order valence-corrected chi connectivity index (χ3v) is 5.01. The molecule has 30 heavy (non-hydrogen) atoms. The number of anilines is 1. The summed E-state index contributed by atoms with van der Waals surface area (Å²) in [6.45, 7) is 3.69. The molecule has 0 aliphatic rings. The van der Waals surface area contributed by atoms with Crippen molar-refractivity contribution in [1.29, 1.82) is 0 Å². The Morgan fingerprint density at radius 3 is 2.40 bits per heavy atom. The second-order valence-electron chi connectivity index (χ2n) is 6.26. The van der Waals surface area contributed by atoms with Crippen molar-refractivity contribution in [2.24, 2.45) is 0 Å². The highest BCUT2D eigenvalue weighted by atomic mass is 32.2. The highest BCUT2D eigenvalue weighted by Crippen LogP contribution is 2.23. The molecule has 0 bridgehead atoms. The quantitative estimate of drug-likeness (QED) is 0.573. The van der Waals surface area contributed by atoms with Gasteiger partial charge in [-0.1, -0.05) is 12.1 Å². The van der Waals surface area contributed by atoms with Gasteiger partial charge < -0.3 is 15.0 Å². The molecular formula is C21H23F3N2O3S. The van der Waals surface area contributed by atoms with E-state index in [1.54, 1.807) is 24.3 Å². The minimum Gasteiger partial charge on any atom is -0.494 e. The predicted octanol–water partition coefficient (Wildman–Crippen LogP) is 4.73. The van der Waals surface area contributed by atoms with E-state index < -0.39 is 12.1 Å². The van der Waals surface area contributed by atoms with Crippen molar-refractivity contribution >= 4 is 29.3 Å². The maximum Gasteiger partial charge on any atom is 0.471 e. The number of amides is 2. The average molecular weight is 440 g/mol. The Morgan fingerprint density at radius 2 is 1.80 bits per heavy atom. The molecule has 9 heteroatoms. The number of halogens is 3. The number of benzene rings is 2. The Hall–Kier alpha value is -2.68. The van der Waals surface area contributed by atoms with E-state index in [1.165, 1.54) is 18.7 Å². The van der Waals surface area contributed by atoms with Gasteiger partial charge in [-0.05, 0) is 55.8 Å². The van der Waals surface area contributed by atoms with Gasteiger partial charge in [-0.25, -0.2) is 0 Å². The fraction of sp³-hybridized carbons (Fsp3) is 0.333. The van der Waals surface area contributed by atoms with Gasteiger partial charge in [0, 0.05) is 23.7 Å². The summed E-state index contributed by atoms with van der Waals surface area (Å²) in [5.41, 5.74) is 0.951. The van der Waals surface area contributed by atoms with Gasteiger partial charge in [0.25, 0.3) is 0 Å². The molecule has 162 valence electrons. The smallest absolute Gasteiger partial charge is 0.471 e. The zero-order valence-corrected chi connectivity index (χ0v) is 17.5. The lowest BCUT2D eigenvalue weighted by Crippen LogP contribution is -2.40. The van der Waals surface area contributed by atoms with Crippen LogP contribution in [0.4, 0.5) is 18.9 Å². The molecule has 2 rings (SSSR count). The highest BCUT2D eigenvalue weighted by molar-refractivity contribution is 8.00. The first-order chi connectivity index (χ1) is 14.2. The van der Waals surface area contributed by atoms with E-state index in [4.69, 9.17) is 4.74 Å². The molecule has 0 aromatic heterocycles. The lowest BCUT2D eigenvalue weighted by molar-refractivity contribution is -0.185. The van der Waals surface area contributed by atoms with Crippen molar-refractivity contribution in [1.82, 2.24) is 4.90 Å². The number of ether oxygens (including phenoxy) is 1. The predicted molar refractivity (Wildman–Crippen MR) is 111 cm³/mol. The van der Waals surface area contributed by atoms with Gasteiger partial charge in [0.2, 0.25) is 5.91 Å². The standard InChI is InChI=1S/C21H23F3N2O3S/c1-3-26(20(28)21(22,23)24)13-15-6-5-7-16(12-15)25-19(27)14-30-18-10-8-17(9-11-18)29-4-2/h5-12H,3-4,13-14H2,1-2H3,(H,25,27). The molecule has 2 aromatic rings. The van der Waals surface area contributed by atoms with E-state index in [0.717, 1.165) is 10.6 Å². The normalized spacial score (nSPS) is 11.1. The summed E-state index contributed by atoms with van der Waals surface area (Å²) in [5.74, 6) is -1.20. The summed E-state index contributed by atoms with van der Waals surface area (Å²) >= 11 is 1.35. The maximum atomic E-state index is 12.7. The first kappa shape index (κ1) is 23.6. The fourth-order valence-electron chi connectivity index (χ4n) is 2.62. The van der Waals surface area contributed by atoms with Gasteiger partial charge in [0.15, 0.2) is 0 Å². The van der Waals surface area contributed by atoms with Gasteiger partial charge in [-0.2, -0.15) is 13.2 Å². The number of hydrogen-bond donors (Lipinski definition) is 1. The maximum absolute atomic E-state index is 12.7. The molecule has 0 saturated heterocycles. The Bertz CT molecular complexity index is 857. The summed E-state index contributed by atoms with van der Waals surface area (Å²) in [6, 6.07) is 13.8. The van der Waals surface area contributed by atoms with E-state index in [-0.39, 0.29) is 24.7 Å². The Labute approximate surface area is 177 Å². The van der Waals surface area contributed by atoms with Crippen LogP contribution in [-0.4, -0.2) is 41.8 Å². The molecule has 5 nitrogen and oxygen atoms in total. The van der Waals surface area contributed by atoms with Crippen molar-refractivity contribution in [2.45, 2.75) is 31.5 Å². The van der Waals surface area contributed by atoms with Crippen LogP contribution in [0.3, 0.4) is 0 Å². The van der Waals surface area contributed by atoms with Crippen LogP contribution in [0, 0.1) is 0 Å². The Kier molecular flexibility index (Phi) is 8.58. The van der Waals surface area contributed by atoms with E-state index >= 15 is 0 Å². The first-order valence-electron chi connectivity index (χ1n) is 9.33. The summed E-state index contributed by atoms with van der Waals surface area (Å²) in [5, 5.41) is 2.72. The molecule has 0 fully saturated rings. The number of alkyl halides is 3. The minimum absolute atomic E-state index is 0.0757. The molecule has 0 spiro atoms. The van der Waals surface area contributed by atoms with Crippen LogP contribution in [0.25, 0.3) is 0 Å². The van der Waals surface area contributed by atoms with Crippen LogP contribution in [0.2, 0.25) is 0 Å². The van der Waals surface area contributed by atoms with Crippen LogP contribution in [0.5, 0.6) is 5.75 Å². The number of thioether (sulfide) groups is 1. The van der Waals surface area contributed by atoms with Crippen molar-refractivity contribution in [3.63, 3.8) is 0 Å². The summed E-state index contributed by atoms with van der Waals surface area (Å²) in [7, 11) is 0. The van der Waals surface area contributed by atoms with Crippen LogP contribution >= 0.6 is 11.8 Å². The minimum atomic E-state index is -4.92. The van der Waals surface area contributed by atoms with Gasteiger partial charge in [0.05, 0.1) is 12.4 Å². The summed E-state index contributed by atoms with van der Waals surface area (Å²) < 4.78 is 43.4. The third kappa shape index (κ3) is 7.29. The Morgan fingerprint density at radius 1 is 1.10 bits per heavy atom. The summed E-state index contributed by atoms with van der Waals surface area (Å²) in [6.07, 6.45) is -4.92. The van der Waals surface area contributed by atoms with Crippen LogP contribution in [0.15, 0.2) is 53.4 Å². The number of carbonyl (C=O) groups excluding carboxylic acids is 2. The summed E-state index contributed by atoms with van der Waals surface area (Å²) in [4.78, 5) is 25.3. The fourth-order valence-corrected chi connectivity index (χ4v) is 3.32. The Balaban J connectivity index is 1.92. The SMILES string of the molecule is CCOc1ccc(SCC(=O)Nc2cccc(CN(CC)C(=O)C(F)(F)F)c2)cc1. The molecule has 0 aliphatic heterocycles. The molecule has 0 aliphatic carbocycles. The lowest BCUT2D eigenvalue weighted by atomic mass is 10.2. The van der Waals surface area contributed by atoms with E-state index in [1.807, 2.05) is 31.2 Å². The molecule has 2 amide bonds. The molecule has 0 atom stereocenters. The highest BCUT2D eigenvalue weighted by Gasteiger charge is 2.41. The zero-order valence-electron chi connectivity index (χ0n) is 16.7. The average Bonchev–Trinajstić information content (AvgIpc) is 2.71. The van der Waals surface area contributed by atoms with E-state index in [0.29, 0.717) is 22.8 Å². The van der Waals surface area contributed by atoms with Crippen molar-refractivity contribution < 1.29 is 27.5 Å². The van der Waals surface area contributed by atoms with Gasteiger partial charge >= 0.3 is 12.1 Å². The van der Waals surface area contributed by atoms with Crippen molar-refractivity contribution in [2.75, 3.05) is 24.2 Å².